The Bertz CT molecular complexity index is 954. The molecule has 3 aromatic rings. The van der Waals surface area contributed by atoms with Gasteiger partial charge in [-0.3, -0.25) is 4.79 Å². The van der Waals surface area contributed by atoms with E-state index < -0.39 is 0 Å². The molecule has 29 heavy (non-hydrogen) atoms. The molecular formula is C24H23NO4. The lowest BCUT2D eigenvalue weighted by atomic mass is 10.1. The standard InChI is InChI=1S/C24H23NO4/c26-24(25-13-12-18-6-11-22-23(16-18)28-15-14-27-22)20-7-9-21(10-8-20)29-17-19-4-2-1-3-5-19/h1-11,16H,12-15,17H2,(H,25,26). The highest BCUT2D eigenvalue weighted by Gasteiger charge is 2.12. The second kappa shape index (κ2) is 9.15. The van der Waals surface area contributed by atoms with Gasteiger partial charge in [0.25, 0.3) is 5.91 Å². The van der Waals surface area contributed by atoms with Crippen molar-refractivity contribution in [2.24, 2.45) is 0 Å². The Labute approximate surface area is 170 Å². The van der Waals surface area contributed by atoms with Crippen molar-refractivity contribution in [2.45, 2.75) is 13.0 Å². The first kappa shape index (κ1) is 18.9. The summed E-state index contributed by atoms with van der Waals surface area (Å²) in [5.41, 5.74) is 2.81. The molecule has 1 N–H and O–H groups in total. The van der Waals surface area contributed by atoms with E-state index in [1.54, 1.807) is 12.1 Å². The summed E-state index contributed by atoms with van der Waals surface area (Å²) in [6.07, 6.45) is 0.723. The van der Waals surface area contributed by atoms with E-state index in [9.17, 15) is 4.79 Å². The molecule has 0 unspecified atom stereocenters. The third-order valence-corrected chi connectivity index (χ3v) is 4.67. The van der Waals surface area contributed by atoms with Crippen LogP contribution in [0.15, 0.2) is 72.8 Å². The monoisotopic (exact) mass is 389 g/mol. The first-order chi connectivity index (χ1) is 14.3. The molecule has 0 spiro atoms. The van der Waals surface area contributed by atoms with Gasteiger partial charge in [-0.25, -0.2) is 0 Å². The Morgan fingerprint density at radius 1 is 0.862 bits per heavy atom. The molecule has 0 bridgehead atoms. The van der Waals surface area contributed by atoms with E-state index in [1.807, 2.05) is 60.7 Å². The Kier molecular flexibility index (Phi) is 5.95. The van der Waals surface area contributed by atoms with Gasteiger partial charge in [0.15, 0.2) is 11.5 Å². The van der Waals surface area contributed by atoms with E-state index >= 15 is 0 Å². The van der Waals surface area contributed by atoms with E-state index in [2.05, 4.69) is 5.32 Å². The molecule has 1 heterocycles. The van der Waals surface area contributed by atoms with Crippen LogP contribution in [0.1, 0.15) is 21.5 Å². The van der Waals surface area contributed by atoms with Crippen molar-refractivity contribution < 1.29 is 19.0 Å². The highest BCUT2D eigenvalue weighted by atomic mass is 16.6. The third kappa shape index (κ3) is 5.08. The van der Waals surface area contributed by atoms with Crippen LogP contribution in [-0.2, 0) is 13.0 Å². The zero-order chi connectivity index (χ0) is 19.9. The lowest BCUT2D eigenvalue weighted by molar-refractivity contribution is 0.0954. The summed E-state index contributed by atoms with van der Waals surface area (Å²) in [5.74, 6) is 2.18. The summed E-state index contributed by atoms with van der Waals surface area (Å²) in [7, 11) is 0. The number of hydrogen-bond acceptors (Lipinski definition) is 4. The van der Waals surface area contributed by atoms with Crippen molar-refractivity contribution in [1.29, 1.82) is 0 Å². The number of nitrogens with one attached hydrogen (secondary N) is 1. The summed E-state index contributed by atoms with van der Waals surface area (Å²) in [6, 6.07) is 23.1. The van der Waals surface area contributed by atoms with Crippen molar-refractivity contribution in [3.05, 3.63) is 89.5 Å². The van der Waals surface area contributed by atoms with Crippen molar-refractivity contribution in [3.8, 4) is 17.2 Å². The summed E-state index contributed by atoms with van der Waals surface area (Å²) in [6.45, 7) is 2.20. The van der Waals surface area contributed by atoms with Crippen LogP contribution in [0.4, 0.5) is 0 Å². The van der Waals surface area contributed by atoms with Crippen molar-refractivity contribution in [1.82, 2.24) is 5.32 Å². The highest BCUT2D eigenvalue weighted by Crippen LogP contribution is 2.30. The Morgan fingerprint density at radius 3 is 2.41 bits per heavy atom. The highest BCUT2D eigenvalue weighted by molar-refractivity contribution is 5.94. The molecule has 5 nitrogen and oxygen atoms in total. The number of rotatable bonds is 7. The van der Waals surface area contributed by atoms with Gasteiger partial charge in [0.1, 0.15) is 25.6 Å². The van der Waals surface area contributed by atoms with E-state index in [0.29, 0.717) is 31.9 Å². The van der Waals surface area contributed by atoms with Gasteiger partial charge in [-0.15, -0.1) is 0 Å². The van der Waals surface area contributed by atoms with Gasteiger partial charge in [0.2, 0.25) is 0 Å². The number of ether oxygens (including phenoxy) is 3. The number of benzene rings is 3. The van der Waals surface area contributed by atoms with Gasteiger partial charge in [-0.05, 0) is 53.9 Å². The molecule has 0 radical (unpaired) electrons. The number of carbonyl (C=O) groups excluding carboxylic acids is 1. The molecule has 3 aromatic carbocycles. The average Bonchev–Trinajstić information content (AvgIpc) is 2.78. The molecule has 1 aliphatic rings. The maximum atomic E-state index is 12.4. The molecular weight excluding hydrogens is 366 g/mol. The van der Waals surface area contributed by atoms with Crippen molar-refractivity contribution >= 4 is 5.91 Å². The van der Waals surface area contributed by atoms with E-state index in [0.717, 1.165) is 34.8 Å². The lowest BCUT2D eigenvalue weighted by Gasteiger charge is -2.18. The molecule has 0 saturated heterocycles. The van der Waals surface area contributed by atoms with Crippen molar-refractivity contribution in [3.63, 3.8) is 0 Å². The van der Waals surface area contributed by atoms with Gasteiger partial charge >= 0.3 is 0 Å². The minimum Gasteiger partial charge on any atom is -0.489 e. The third-order valence-electron chi connectivity index (χ3n) is 4.67. The minimum absolute atomic E-state index is 0.0999. The fourth-order valence-electron chi connectivity index (χ4n) is 3.11. The van der Waals surface area contributed by atoms with Crippen LogP contribution in [0.25, 0.3) is 0 Å². The molecule has 0 aromatic heterocycles. The quantitative estimate of drug-likeness (QED) is 0.663. The van der Waals surface area contributed by atoms with Crippen molar-refractivity contribution in [2.75, 3.05) is 19.8 Å². The predicted octanol–water partition coefficient (Wildman–Crippen LogP) is 4.01. The summed E-state index contributed by atoms with van der Waals surface area (Å²) < 4.78 is 16.9. The smallest absolute Gasteiger partial charge is 0.251 e. The van der Waals surface area contributed by atoms with Crippen LogP contribution >= 0.6 is 0 Å². The van der Waals surface area contributed by atoms with Gasteiger partial charge in [-0.1, -0.05) is 36.4 Å². The Balaban J connectivity index is 1.25. The van der Waals surface area contributed by atoms with Gasteiger partial charge in [0, 0.05) is 12.1 Å². The average molecular weight is 389 g/mol. The first-order valence-electron chi connectivity index (χ1n) is 9.71. The molecule has 5 heteroatoms. The molecule has 0 aliphatic carbocycles. The van der Waals surface area contributed by atoms with E-state index in [1.165, 1.54) is 0 Å². The number of amides is 1. The van der Waals surface area contributed by atoms with Gasteiger partial charge in [0.05, 0.1) is 0 Å². The maximum absolute atomic E-state index is 12.4. The zero-order valence-electron chi connectivity index (χ0n) is 16.1. The minimum atomic E-state index is -0.0999. The second-order valence-corrected chi connectivity index (χ2v) is 6.78. The molecule has 148 valence electrons. The normalized spacial score (nSPS) is 12.3. The second-order valence-electron chi connectivity index (χ2n) is 6.78. The molecule has 0 atom stereocenters. The van der Waals surface area contributed by atoms with E-state index in [4.69, 9.17) is 14.2 Å². The predicted molar refractivity (Wildman–Crippen MR) is 111 cm³/mol. The van der Waals surface area contributed by atoms with Crippen LogP contribution in [0, 0.1) is 0 Å². The summed E-state index contributed by atoms with van der Waals surface area (Å²) >= 11 is 0. The fourth-order valence-corrected chi connectivity index (χ4v) is 3.11. The number of carbonyl (C=O) groups is 1. The first-order valence-corrected chi connectivity index (χ1v) is 9.71. The molecule has 4 rings (SSSR count). The lowest BCUT2D eigenvalue weighted by Crippen LogP contribution is -2.25. The Hall–Kier alpha value is -3.47. The van der Waals surface area contributed by atoms with Crippen LogP contribution in [-0.4, -0.2) is 25.7 Å². The van der Waals surface area contributed by atoms with Crippen LogP contribution in [0.2, 0.25) is 0 Å². The largest absolute Gasteiger partial charge is 0.489 e. The molecule has 1 aliphatic heterocycles. The number of fused-ring (bicyclic) bond motifs is 1. The van der Waals surface area contributed by atoms with Crippen LogP contribution in [0.3, 0.4) is 0 Å². The zero-order valence-corrected chi connectivity index (χ0v) is 16.1. The van der Waals surface area contributed by atoms with Crippen LogP contribution in [0.5, 0.6) is 17.2 Å². The Morgan fingerprint density at radius 2 is 1.62 bits per heavy atom. The summed E-state index contributed by atoms with van der Waals surface area (Å²) in [5, 5.41) is 2.95. The van der Waals surface area contributed by atoms with Crippen LogP contribution < -0.4 is 19.5 Å². The van der Waals surface area contributed by atoms with Gasteiger partial charge in [-0.2, -0.15) is 0 Å². The van der Waals surface area contributed by atoms with Gasteiger partial charge < -0.3 is 19.5 Å². The van der Waals surface area contributed by atoms with E-state index in [-0.39, 0.29) is 5.91 Å². The molecule has 0 fully saturated rings. The summed E-state index contributed by atoms with van der Waals surface area (Å²) in [4.78, 5) is 12.4. The number of hydrogen-bond donors (Lipinski definition) is 1. The molecule has 1 amide bonds. The fraction of sp³-hybridized carbons (Fsp3) is 0.208. The molecule has 0 saturated carbocycles. The SMILES string of the molecule is O=C(NCCc1ccc2c(c1)OCCO2)c1ccc(OCc2ccccc2)cc1. The topological polar surface area (TPSA) is 56.8 Å². The maximum Gasteiger partial charge on any atom is 0.251 e.